The molecule has 0 spiro atoms. The highest BCUT2D eigenvalue weighted by Gasteiger charge is 2.19. The van der Waals surface area contributed by atoms with Gasteiger partial charge in [0.25, 0.3) is 5.56 Å². The van der Waals surface area contributed by atoms with Gasteiger partial charge in [-0.15, -0.1) is 0 Å². The molecule has 0 saturated heterocycles. The van der Waals surface area contributed by atoms with E-state index in [1.807, 2.05) is 0 Å². The second kappa shape index (κ2) is 5.72. The van der Waals surface area contributed by atoms with E-state index in [1.165, 1.54) is 10.6 Å². The lowest BCUT2D eigenvalue weighted by Crippen LogP contribution is -2.28. The second-order valence-electron chi connectivity index (χ2n) is 5.29. The van der Waals surface area contributed by atoms with Crippen molar-refractivity contribution in [3.05, 3.63) is 63.2 Å². The van der Waals surface area contributed by atoms with Crippen molar-refractivity contribution in [2.24, 2.45) is 5.73 Å². The van der Waals surface area contributed by atoms with Gasteiger partial charge in [0.1, 0.15) is 11.6 Å². The average molecular weight is 333 g/mol. The smallest absolute Gasteiger partial charge is 0.267 e. The lowest BCUT2D eigenvalue weighted by molar-refractivity contribution is 0.615. The van der Waals surface area contributed by atoms with Gasteiger partial charge in [0, 0.05) is 6.07 Å². The Balaban J connectivity index is 2.50. The molecule has 1 unspecified atom stereocenters. The third-order valence-corrected chi connectivity index (χ3v) is 3.86. The Kier molecular flexibility index (Phi) is 3.87. The lowest BCUT2D eigenvalue weighted by atomic mass is 10.2. The molecule has 2 heterocycles. The summed E-state index contributed by atoms with van der Waals surface area (Å²) in [5.74, 6) is -0.229. The van der Waals surface area contributed by atoms with E-state index >= 15 is 0 Å². The third-order valence-electron chi connectivity index (χ3n) is 3.55. The minimum Gasteiger partial charge on any atom is -0.322 e. The first-order chi connectivity index (χ1) is 10.9. The molecule has 2 N–H and O–H groups in total. The zero-order valence-electron chi connectivity index (χ0n) is 12.5. The molecule has 7 heteroatoms. The largest absolute Gasteiger partial charge is 0.322 e. The first kappa shape index (κ1) is 15.6. The van der Waals surface area contributed by atoms with Crippen LogP contribution in [0.5, 0.6) is 0 Å². The Labute approximate surface area is 136 Å². The summed E-state index contributed by atoms with van der Waals surface area (Å²) in [7, 11) is 0. The summed E-state index contributed by atoms with van der Waals surface area (Å²) in [5.41, 5.74) is 6.81. The molecule has 3 aromatic rings. The van der Waals surface area contributed by atoms with E-state index in [2.05, 4.69) is 9.97 Å². The predicted molar refractivity (Wildman–Crippen MR) is 87.4 cm³/mol. The molecule has 1 aromatic carbocycles. The zero-order chi connectivity index (χ0) is 16.7. The van der Waals surface area contributed by atoms with Crippen LogP contribution in [0, 0.1) is 12.7 Å². The Morgan fingerprint density at radius 2 is 2.13 bits per heavy atom. The molecule has 23 heavy (non-hydrogen) atoms. The van der Waals surface area contributed by atoms with Gasteiger partial charge in [0.05, 0.1) is 39.5 Å². The topological polar surface area (TPSA) is 73.8 Å². The molecule has 0 aliphatic rings. The van der Waals surface area contributed by atoms with Crippen molar-refractivity contribution in [1.82, 2.24) is 14.5 Å². The highest BCUT2D eigenvalue weighted by atomic mass is 35.5. The van der Waals surface area contributed by atoms with Crippen molar-refractivity contribution >= 4 is 22.5 Å². The Morgan fingerprint density at radius 1 is 1.39 bits per heavy atom. The summed E-state index contributed by atoms with van der Waals surface area (Å²) in [6, 6.07) is 5.71. The van der Waals surface area contributed by atoms with Crippen LogP contribution in [-0.4, -0.2) is 14.5 Å². The molecule has 0 radical (unpaired) electrons. The van der Waals surface area contributed by atoms with Crippen LogP contribution in [0.2, 0.25) is 5.02 Å². The number of hydrogen-bond donors (Lipinski definition) is 1. The van der Waals surface area contributed by atoms with E-state index < -0.39 is 17.4 Å². The Bertz CT molecular complexity index is 968. The third kappa shape index (κ3) is 2.60. The van der Waals surface area contributed by atoms with Crippen molar-refractivity contribution < 1.29 is 4.39 Å². The van der Waals surface area contributed by atoms with Gasteiger partial charge in [0.2, 0.25) is 0 Å². The lowest BCUT2D eigenvalue weighted by Gasteiger charge is -2.17. The molecular formula is C16H14ClFN4O. The van der Waals surface area contributed by atoms with Crippen molar-refractivity contribution in [2.75, 3.05) is 0 Å². The molecule has 0 aliphatic carbocycles. The molecule has 3 rings (SSSR count). The van der Waals surface area contributed by atoms with E-state index in [1.54, 1.807) is 32.0 Å². The summed E-state index contributed by atoms with van der Waals surface area (Å²) >= 11 is 6.15. The van der Waals surface area contributed by atoms with Crippen LogP contribution < -0.4 is 11.3 Å². The number of halogens is 2. The molecule has 5 nitrogen and oxygen atoms in total. The van der Waals surface area contributed by atoms with Gasteiger partial charge >= 0.3 is 0 Å². The van der Waals surface area contributed by atoms with E-state index in [4.69, 9.17) is 17.3 Å². The van der Waals surface area contributed by atoms with E-state index in [0.29, 0.717) is 22.7 Å². The van der Waals surface area contributed by atoms with Crippen molar-refractivity contribution in [3.63, 3.8) is 0 Å². The van der Waals surface area contributed by atoms with Gasteiger partial charge in [-0.3, -0.25) is 14.3 Å². The van der Waals surface area contributed by atoms with Gasteiger partial charge in [-0.25, -0.2) is 9.37 Å². The summed E-state index contributed by atoms with van der Waals surface area (Å²) in [6.45, 7) is 3.39. The predicted octanol–water partition coefficient (Wildman–Crippen LogP) is 2.90. The van der Waals surface area contributed by atoms with Crippen LogP contribution in [0.4, 0.5) is 4.39 Å². The molecule has 2 aromatic heterocycles. The van der Waals surface area contributed by atoms with Gasteiger partial charge in [-0.2, -0.15) is 0 Å². The zero-order valence-corrected chi connectivity index (χ0v) is 13.3. The standard InChI is InChI=1S/C16H14ClFN4O/c1-8(19)15-21-12-5-3-4-11(17)14(12)16(23)22(15)13-6-10(18)7-20-9(13)2/h3-8H,19H2,1-2H3. The number of aryl methyl sites for hydroxylation is 1. The average Bonchev–Trinajstić information content (AvgIpc) is 2.49. The van der Waals surface area contributed by atoms with Crippen LogP contribution in [0.15, 0.2) is 35.3 Å². The molecule has 1 atom stereocenters. The monoisotopic (exact) mass is 332 g/mol. The van der Waals surface area contributed by atoms with Gasteiger partial charge in [-0.05, 0) is 26.0 Å². The molecule has 0 aliphatic heterocycles. The highest BCUT2D eigenvalue weighted by Crippen LogP contribution is 2.23. The maximum Gasteiger partial charge on any atom is 0.267 e. The van der Waals surface area contributed by atoms with Crippen LogP contribution in [0.25, 0.3) is 16.6 Å². The number of nitrogens with zero attached hydrogens (tertiary/aromatic N) is 3. The number of rotatable bonds is 2. The molecule has 0 saturated carbocycles. The van der Waals surface area contributed by atoms with Gasteiger partial charge in [0.15, 0.2) is 0 Å². The van der Waals surface area contributed by atoms with Crippen molar-refractivity contribution in [1.29, 1.82) is 0 Å². The first-order valence-corrected chi connectivity index (χ1v) is 7.37. The van der Waals surface area contributed by atoms with Crippen LogP contribution >= 0.6 is 11.6 Å². The maximum atomic E-state index is 13.6. The second-order valence-corrected chi connectivity index (χ2v) is 5.70. The van der Waals surface area contributed by atoms with E-state index in [9.17, 15) is 9.18 Å². The van der Waals surface area contributed by atoms with Crippen molar-refractivity contribution in [3.8, 4) is 5.69 Å². The number of nitrogens with two attached hydrogens (primary N) is 1. The normalized spacial score (nSPS) is 12.6. The van der Waals surface area contributed by atoms with Crippen LogP contribution in [0.3, 0.4) is 0 Å². The van der Waals surface area contributed by atoms with Crippen LogP contribution in [-0.2, 0) is 0 Å². The Hall–Kier alpha value is -2.31. The number of hydrogen-bond acceptors (Lipinski definition) is 4. The fourth-order valence-electron chi connectivity index (χ4n) is 2.47. The molecular weight excluding hydrogens is 319 g/mol. The molecule has 0 bridgehead atoms. The number of aromatic nitrogens is 3. The molecule has 118 valence electrons. The summed E-state index contributed by atoms with van der Waals surface area (Å²) in [6.07, 6.45) is 1.09. The van der Waals surface area contributed by atoms with Gasteiger partial charge in [-0.1, -0.05) is 17.7 Å². The van der Waals surface area contributed by atoms with Gasteiger partial charge < -0.3 is 5.73 Å². The number of fused-ring (bicyclic) bond motifs is 1. The molecule has 0 fully saturated rings. The highest BCUT2D eigenvalue weighted by molar-refractivity contribution is 6.35. The quantitative estimate of drug-likeness (QED) is 0.783. The number of benzene rings is 1. The first-order valence-electron chi connectivity index (χ1n) is 6.99. The Morgan fingerprint density at radius 3 is 2.83 bits per heavy atom. The fourth-order valence-corrected chi connectivity index (χ4v) is 2.72. The summed E-state index contributed by atoms with van der Waals surface area (Å²) in [4.78, 5) is 21.4. The van der Waals surface area contributed by atoms with Crippen LogP contribution in [0.1, 0.15) is 24.5 Å². The summed E-state index contributed by atoms with van der Waals surface area (Å²) < 4.78 is 14.9. The number of pyridine rings is 1. The SMILES string of the molecule is Cc1ncc(F)cc1-n1c(C(C)N)nc2cccc(Cl)c2c1=O. The van der Waals surface area contributed by atoms with Crippen molar-refractivity contribution in [2.45, 2.75) is 19.9 Å². The minimum atomic E-state index is -0.549. The van der Waals surface area contributed by atoms with E-state index in [0.717, 1.165) is 6.20 Å². The maximum absolute atomic E-state index is 13.6. The summed E-state index contributed by atoms with van der Waals surface area (Å²) in [5, 5.41) is 0.550. The minimum absolute atomic E-state index is 0.266. The fraction of sp³-hybridized carbons (Fsp3) is 0.188. The van der Waals surface area contributed by atoms with E-state index in [-0.39, 0.29) is 10.4 Å². The molecule has 0 amide bonds.